The number of aromatic nitrogens is 3. The van der Waals surface area contributed by atoms with E-state index in [9.17, 15) is 0 Å². The Morgan fingerprint density at radius 2 is 1.96 bits per heavy atom. The molecule has 0 bridgehead atoms. The molecule has 0 unspecified atom stereocenters. The van der Waals surface area contributed by atoms with E-state index in [1.807, 2.05) is 29.9 Å². The van der Waals surface area contributed by atoms with Crippen LogP contribution in [-0.2, 0) is 26.6 Å². The molecule has 0 aliphatic heterocycles. The van der Waals surface area contributed by atoms with Gasteiger partial charge in [0.25, 0.3) is 0 Å². The van der Waals surface area contributed by atoms with E-state index in [1.165, 1.54) is 9.75 Å². The van der Waals surface area contributed by atoms with Gasteiger partial charge < -0.3 is 15.2 Å². The Morgan fingerprint density at radius 1 is 1.22 bits per heavy atom. The molecule has 8 heteroatoms. The number of guanidine groups is 1. The van der Waals surface area contributed by atoms with Gasteiger partial charge in [0.15, 0.2) is 11.8 Å². The molecule has 6 nitrogen and oxygen atoms in total. The van der Waals surface area contributed by atoms with Gasteiger partial charge >= 0.3 is 0 Å². The smallest absolute Gasteiger partial charge is 0.191 e. The van der Waals surface area contributed by atoms with Crippen molar-refractivity contribution in [3.05, 3.63) is 33.5 Å². The molecule has 0 aliphatic rings. The fourth-order valence-electron chi connectivity index (χ4n) is 1.96. The lowest BCUT2D eigenvalue weighted by Crippen LogP contribution is -2.36. The highest BCUT2D eigenvalue weighted by molar-refractivity contribution is 14.0. The molecule has 0 fully saturated rings. The second kappa shape index (κ2) is 9.86. The summed E-state index contributed by atoms with van der Waals surface area (Å²) in [5.41, 5.74) is 0. The Kier molecular flexibility index (Phi) is 8.53. The lowest BCUT2D eigenvalue weighted by Gasteiger charge is -2.10. The van der Waals surface area contributed by atoms with Crippen LogP contribution in [0.3, 0.4) is 0 Å². The number of aliphatic imine (C=N–C) groups is 1. The highest BCUT2D eigenvalue weighted by atomic mass is 127. The van der Waals surface area contributed by atoms with E-state index < -0.39 is 0 Å². The zero-order chi connectivity index (χ0) is 15.9. The molecule has 2 N–H and O–H groups in total. The number of halogens is 1. The van der Waals surface area contributed by atoms with Crippen molar-refractivity contribution in [3.63, 3.8) is 0 Å². The topological polar surface area (TPSA) is 67.1 Å². The Balaban J connectivity index is 0.00000264. The molecule has 2 aromatic heterocycles. The lowest BCUT2D eigenvalue weighted by atomic mass is 10.4. The van der Waals surface area contributed by atoms with Gasteiger partial charge in [-0.15, -0.1) is 45.5 Å². The quantitative estimate of drug-likeness (QED) is 0.405. The van der Waals surface area contributed by atoms with Crippen LogP contribution in [0.5, 0.6) is 0 Å². The number of hydrogen-bond acceptors (Lipinski definition) is 4. The summed E-state index contributed by atoms with van der Waals surface area (Å²) in [7, 11) is 1.96. The highest BCUT2D eigenvalue weighted by Gasteiger charge is 2.05. The van der Waals surface area contributed by atoms with Gasteiger partial charge in [-0.1, -0.05) is 6.92 Å². The predicted octanol–water partition coefficient (Wildman–Crippen LogP) is 2.62. The van der Waals surface area contributed by atoms with E-state index in [4.69, 9.17) is 0 Å². The molecular weight excluding hydrogens is 423 g/mol. The van der Waals surface area contributed by atoms with Crippen molar-refractivity contribution >= 4 is 41.3 Å². The number of thiophene rings is 1. The number of hydrogen-bond donors (Lipinski definition) is 2. The van der Waals surface area contributed by atoms with Gasteiger partial charge in [0.2, 0.25) is 0 Å². The minimum Gasteiger partial charge on any atom is -0.357 e. The number of nitrogens with one attached hydrogen (secondary N) is 2. The number of nitrogens with zero attached hydrogens (tertiary/aromatic N) is 4. The molecule has 0 aliphatic carbocycles. The Labute approximate surface area is 158 Å². The first-order valence-corrected chi connectivity index (χ1v) is 8.40. The third-order valence-corrected chi connectivity index (χ3v) is 4.63. The third kappa shape index (κ3) is 5.76. The Morgan fingerprint density at radius 3 is 2.52 bits per heavy atom. The normalized spacial score (nSPS) is 11.2. The fourth-order valence-corrected chi connectivity index (χ4v) is 2.86. The van der Waals surface area contributed by atoms with Gasteiger partial charge in [-0.25, -0.2) is 4.99 Å². The maximum Gasteiger partial charge on any atom is 0.191 e. The summed E-state index contributed by atoms with van der Waals surface area (Å²) < 4.78 is 1.96. The average molecular weight is 448 g/mol. The van der Waals surface area contributed by atoms with E-state index in [2.05, 4.69) is 51.8 Å². The molecule has 0 saturated heterocycles. The molecule has 2 aromatic rings. The molecular formula is C15H25IN6S. The van der Waals surface area contributed by atoms with E-state index >= 15 is 0 Å². The van der Waals surface area contributed by atoms with Gasteiger partial charge in [0.05, 0.1) is 6.54 Å². The largest absolute Gasteiger partial charge is 0.357 e. The van der Waals surface area contributed by atoms with Crippen molar-refractivity contribution < 1.29 is 0 Å². The summed E-state index contributed by atoms with van der Waals surface area (Å²) in [6.07, 6.45) is 1.09. The van der Waals surface area contributed by atoms with Crippen LogP contribution in [0.4, 0.5) is 0 Å². The molecule has 0 amide bonds. The first kappa shape index (κ1) is 19.9. The minimum absolute atomic E-state index is 0. The van der Waals surface area contributed by atoms with E-state index in [0.717, 1.165) is 37.1 Å². The fraction of sp³-hybridized carbons (Fsp3) is 0.533. The van der Waals surface area contributed by atoms with Crippen LogP contribution in [0.15, 0.2) is 17.1 Å². The first-order valence-electron chi connectivity index (χ1n) is 7.58. The zero-order valence-corrected chi connectivity index (χ0v) is 17.2. The van der Waals surface area contributed by atoms with Crippen molar-refractivity contribution in [2.24, 2.45) is 12.0 Å². The van der Waals surface area contributed by atoms with E-state index in [-0.39, 0.29) is 24.0 Å². The van der Waals surface area contributed by atoms with Crippen LogP contribution in [0, 0.1) is 6.92 Å². The van der Waals surface area contributed by atoms with Crippen LogP contribution < -0.4 is 10.6 Å². The lowest BCUT2D eigenvalue weighted by molar-refractivity contribution is 0.757. The maximum atomic E-state index is 4.58. The van der Waals surface area contributed by atoms with Crippen molar-refractivity contribution in [2.45, 2.75) is 40.3 Å². The summed E-state index contributed by atoms with van der Waals surface area (Å²) in [6, 6.07) is 4.36. The predicted molar refractivity (Wildman–Crippen MR) is 107 cm³/mol. The molecule has 2 rings (SSSR count). The second-order valence-electron chi connectivity index (χ2n) is 4.99. The average Bonchev–Trinajstić information content (AvgIpc) is 3.11. The monoisotopic (exact) mass is 448 g/mol. The molecule has 128 valence electrons. The van der Waals surface area contributed by atoms with E-state index in [1.54, 1.807) is 0 Å². The summed E-state index contributed by atoms with van der Waals surface area (Å²) in [6.45, 7) is 8.30. The maximum absolute atomic E-state index is 4.58. The first-order chi connectivity index (χ1) is 10.6. The van der Waals surface area contributed by atoms with Crippen molar-refractivity contribution in [3.8, 4) is 0 Å². The number of rotatable bonds is 6. The summed E-state index contributed by atoms with van der Waals surface area (Å²) >= 11 is 1.84. The molecule has 23 heavy (non-hydrogen) atoms. The van der Waals surface area contributed by atoms with Gasteiger partial charge in [0.1, 0.15) is 12.4 Å². The van der Waals surface area contributed by atoms with Crippen LogP contribution in [0.1, 0.15) is 35.3 Å². The molecule has 0 spiro atoms. The molecule has 0 radical (unpaired) electrons. The Bertz CT molecular complexity index is 634. The van der Waals surface area contributed by atoms with Gasteiger partial charge in [0, 0.05) is 23.3 Å². The van der Waals surface area contributed by atoms with Gasteiger partial charge in [-0.05, 0) is 32.4 Å². The highest BCUT2D eigenvalue weighted by Crippen LogP contribution is 2.16. The summed E-state index contributed by atoms with van der Waals surface area (Å²) in [5, 5.41) is 14.8. The summed E-state index contributed by atoms with van der Waals surface area (Å²) in [5.74, 6) is 2.56. The van der Waals surface area contributed by atoms with Crippen LogP contribution >= 0.6 is 35.3 Å². The minimum atomic E-state index is 0. The third-order valence-electron chi connectivity index (χ3n) is 3.40. The van der Waals surface area contributed by atoms with Crippen LogP contribution in [-0.4, -0.2) is 27.3 Å². The molecule has 2 heterocycles. The standard InChI is InChI=1S/C15H24N6S.HI/c1-5-12-7-8-13(22-12)9-17-15(16-6-2)18-10-14-20-19-11(3)21(14)4;/h7-8H,5-6,9-10H2,1-4H3,(H2,16,17,18);1H. The van der Waals surface area contributed by atoms with Crippen molar-refractivity contribution in [2.75, 3.05) is 6.54 Å². The van der Waals surface area contributed by atoms with Crippen LogP contribution in [0.25, 0.3) is 0 Å². The van der Waals surface area contributed by atoms with E-state index in [0.29, 0.717) is 6.54 Å². The van der Waals surface area contributed by atoms with Gasteiger partial charge in [-0.3, -0.25) is 0 Å². The number of aryl methyl sites for hydroxylation is 2. The van der Waals surface area contributed by atoms with Crippen molar-refractivity contribution in [1.29, 1.82) is 0 Å². The molecule has 0 saturated carbocycles. The molecule has 0 atom stereocenters. The zero-order valence-electron chi connectivity index (χ0n) is 14.1. The SMILES string of the molecule is CCNC(=NCc1nnc(C)n1C)NCc1ccc(CC)s1.I. The molecule has 0 aromatic carbocycles. The van der Waals surface area contributed by atoms with Gasteiger partial charge in [-0.2, -0.15) is 0 Å². The summed E-state index contributed by atoms with van der Waals surface area (Å²) in [4.78, 5) is 7.30. The van der Waals surface area contributed by atoms with Crippen molar-refractivity contribution in [1.82, 2.24) is 25.4 Å². The van der Waals surface area contributed by atoms with Crippen LogP contribution in [0.2, 0.25) is 0 Å². The Hall–Kier alpha value is -1.16. The second-order valence-corrected chi connectivity index (χ2v) is 6.25.